The van der Waals surface area contributed by atoms with Gasteiger partial charge in [0.05, 0.1) is 11.6 Å². The molecule has 170 valence electrons. The van der Waals surface area contributed by atoms with E-state index in [0.29, 0.717) is 23.9 Å². The van der Waals surface area contributed by atoms with Crippen LogP contribution in [0.5, 0.6) is 0 Å². The van der Waals surface area contributed by atoms with E-state index in [1.54, 1.807) is 0 Å². The van der Waals surface area contributed by atoms with Crippen LogP contribution in [0.1, 0.15) is 69.7 Å². The number of hydrogen-bond donors (Lipinski definition) is 1. The SMILES string of the molecule is CC1CCCCC1NC(=O)C(C)N1CCCC(c2nnc3ccc(C(F)(F)F)cn23)C1. The number of alkyl halides is 3. The van der Waals surface area contributed by atoms with E-state index in [2.05, 4.69) is 27.3 Å². The third-order valence-electron chi connectivity index (χ3n) is 6.94. The van der Waals surface area contributed by atoms with E-state index in [1.807, 2.05) is 6.92 Å². The van der Waals surface area contributed by atoms with Gasteiger partial charge >= 0.3 is 6.18 Å². The number of nitrogens with one attached hydrogen (secondary N) is 1. The number of carbonyl (C=O) groups is 1. The number of halogens is 3. The van der Waals surface area contributed by atoms with E-state index < -0.39 is 11.7 Å². The Morgan fingerprint density at radius 3 is 2.68 bits per heavy atom. The highest BCUT2D eigenvalue weighted by molar-refractivity contribution is 5.81. The zero-order chi connectivity index (χ0) is 22.2. The summed E-state index contributed by atoms with van der Waals surface area (Å²) in [5.74, 6) is 0.976. The van der Waals surface area contributed by atoms with Crippen molar-refractivity contribution in [1.82, 2.24) is 24.8 Å². The summed E-state index contributed by atoms with van der Waals surface area (Å²) in [4.78, 5) is 15.0. The van der Waals surface area contributed by atoms with Gasteiger partial charge in [-0.1, -0.05) is 19.8 Å². The van der Waals surface area contributed by atoms with Gasteiger partial charge in [0.2, 0.25) is 5.91 Å². The average Bonchev–Trinajstić information content (AvgIpc) is 3.17. The van der Waals surface area contributed by atoms with Crippen molar-refractivity contribution in [1.29, 1.82) is 0 Å². The molecule has 4 atom stereocenters. The number of pyridine rings is 1. The van der Waals surface area contributed by atoms with Crippen LogP contribution in [-0.2, 0) is 11.0 Å². The van der Waals surface area contributed by atoms with E-state index >= 15 is 0 Å². The van der Waals surface area contributed by atoms with Gasteiger partial charge in [-0.2, -0.15) is 13.2 Å². The maximum Gasteiger partial charge on any atom is 0.417 e. The molecule has 1 aliphatic carbocycles. The zero-order valence-electron chi connectivity index (χ0n) is 18.0. The molecule has 2 aromatic heterocycles. The highest BCUT2D eigenvalue weighted by atomic mass is 19.4. The number of rotatable bonds is 4. The number of fused-ring (bicyclic) bond motifs is 1. The number of aromatic nitrogens is 3. The second kappa shape index (κ2) is 8.76. The van der Waals surface area contributed by atoms with Crippen LogP contribution in [-0.4, -0.2) is 50.6 Å². The lowest BCUT2D eigenvalue weighted by atomic mass is 9.86. The molecule has 6 nitrogen and oxygen atoms in total. The predicted octanol–water partition coefficient (Wildman–Crippen LogP) is 4.01. The van der Waals surface area contributed by atoms with Gasteiger partial charge in [0, 0.05) is 24.7 Å². The first-order valence-corrected chi connectivity index (χ1v) is 11.2. The molecule has 0 radical (unpaired) electrons. The fourth-order valence-electron chi connectivity index (χ4n) is 4.92. The molecular formula is C22H30F3N5O. The summed E-state index contributed by atoms with van der Waals surface area (Å²) < 4.78 is 40.9. The van der Waals surface area contributed by atoms with Crippen LogP contribution >= 0.6 is 0 Å². The highest BCUT2D eigenvalue weighted by Gasteiger charge is 2.34. The molecule has 2 fully saturated rings. The third-order valence-corrected chi connectivity index (χ3v) is 6.94. The molecule has 2 aliphatic rings. The first kappa shape index (κ1) is 22.0. The first-order chi connectivity index (χ1) is 14.7. The normalized spacial score (nSPS) is 26.7. The maximum atomic E-state index is 13.2. The summed E-state index contributed by atoms with van der Waals surface area (Å²) in [5.41, 5.74) is -0.319. The Balaban J connectivity index is 1.47. The molecule has 1 amide bonds. The molecule has 1 aliphatic heterocycles. The summed E-state index contributed by atoms with van der Waals surface area (Å²) >= 11 is 0. The van der Waals surface area contributed by atoms with Crippen LogP contribution in [0.3, 0.4) is 0 Å². The highest BCUT2D eigenvalue weighted by Crippen LogP contribution is 2.32. The minimum Gasteiger partial charge on any atom is -0.352 e. The summed E-state index contributed by atoms with van der Waals surface area (Å²) in [6.07, 6.45) is 2.86. The smallest absolute Gasteiger partial charge is 0.352 e. The summed E-state index contributed by atoms with van der Waals surface area (Å²) in [6.45, 7) is 5.47. The minimum atomic E-state index is -4.42. The van der Waals surface area contributed by atoms with Crippen LogP contribution in [0.25, 0.3) is 5.65 Å². The number of nitrogens with zero attached hydrogens (tertiary/aromatic N) is 4. The Bertz CT molecular complexity index is 927. The lowest BCUT2D eigenvalue weighted by Gasteiger charge is -2.37. The Kier molecular flexibility index (Phi) is 6.23. The van der Waals surface area contributed by atoms with E-state index in [1.165, 1.54) is 16.9 Å². The molecule has 4 unspecified atom stereocenters. The molecule has 9 heteroatoms. The van der Waals surface area contributed by atoms with Gasteiger partial charge in [-0.05, 0) is 57.2 Å². The van der Waals surface area contributed by atoms with E-state index in [0.717, 1.165) is 50.9 Å². The molecular weight excluding hydrogens is 407 g/mol. The van der Waals surface area contributed by atoms with E-state index in [9.17, 15) is 18.0 Å². The first-order valence-electron chi connectivity index (χ1n) is 11.2. The molecule has 2 aromatic rings. The summed E-state index contributed by atoms with van der Waals surface area (Å²) in [7, 11) is 0. The molecule has 4 rings (SSSR count). The van der Waals surface area contributed by atoms with Gasteiger partial charge in [0.25, 0.3) is 0 Å². The average molecular weight is 438 g/mol. The predicted molar refractivity (Wildman–Crippen MR) is 111 cm³/mol. The quantitative estimate of drug-likeness (QED) is 0.785. The Morgan fingerprint density at radius 2 is 1.94 bits per heavy atom. The maximum absolute atomic E-state index is 13.2. The molecule has 0 bridgehead atoms. The van der Waals surface area contributed by atoms with Gasteiger partial charge in [0.15, 0.2) is 5.65 Å². The number of carbonyl (C=O) groups excluding carboxylic acids is 1. The molecule has 0 spiro atoms. The molecule has 3 heterocycles. The van der Waals surface area contributed by atoms with Crippen LogP contribution in [0, 0.1) is 5.92 Å². The second-order valence-electron chi connectivity index (χ2n) is 9.09. The lowest BCUT2D eigenvalue weighted by Crippen LogP contribution is -2.52. The van der Waals surface area contributed by atoms with Gasteiger partial charge in [0.1, 0.15) is 5.82 Å². The summed E-state index contributed by atoms with van der Waals surface area (Å²) in [5, 5.41) is 11.5. The van der Waals surface area contributed by atoms with Crippen molar-refractivity contribution in [2.45, 2.75) is 76.6 Å². The zero-order valence-corrected chi connectivity index (χ0v) is 18.0. The number of amides is 1. The van der Waals surface area contributed by atoms with Gasteiger partial charge in [-0.3, -0.25) is 14.1 Å². The van der Waals surface area contributed by atoms with E-state index in [4.69, 9.17) is 0 Å². The monoisotopic (exact) mass is 437 g/mol. The minimum absolute atomic E-state index is 0.0323. The largest absolute Gasteiger partial charge is 0.417 e. The van der Waals surface area contributed by atoms with Crippen LogP contribution in [0.15, 0.2) is 18.3 Å². The van der Waals surface area contributed by atoms with Crippen molar-refractivity contribution in [2.75, 3.05) is 13.1 Å². The van der Waals surface area contributed by atoms with Crippen molar-refractivity contribution in [3.63, 3.8) is 0 Å². The van der Waals surface area contributed by atoms with Crippen LogP contribution in [0.4, 0.5) is 13.2 Å². The van der Waals surface area contributed by atoms with Crippen molar-refractivity contribution < 1.29 is 18.0 Å². The van der Waals surface area contributed by atoms with Crippen molar-refractivity contribution in [3.05, 3.63) is 29.7 Å². The number of hydrogen-bond acceptors (Lipinski definition) is 4. The van der Waals surface area contributed by atoms with Crippen molar-refractivity contribution >= 4 is 11.6 Å². The molecule has 1 saturated carbocycles. The van der Waals surface area contributed by atoms with Crippen LogP contribution in [0.2, 0.25) is 0 Å². The fraction of sp³-hybridized carbons (Fsp3) is 0.682. The van der Waals surface area contributed by atoms with Crippen molar-refractivity contribution in [3.8, 4) is 0 Å². The number of piperidine rings is 1. The summed E-state index contributed by atoms with van der Waals surface area (Å²) in [6, 6.07) is 2.31. The van der Waals surface area contributed by atoms with Gasteiger partial charge in [-0.15, -0.1) is 10.2 Å². The van der Waals surface area contributed by atoms with Crippen LogP contribution < -0.4 is 5.32 Å². The van der Waals surface area contributed by atoms with Crippen molar-refractivity contribution in [2.24, 2.45) is 5.92 Å². The Labute approximate surface area is 180 Å². The van der Waals surface area contributed by atoms with E-state index in [-0.39, 0.29) is 23.9 Å². The topological polar surface area (TPSA) is 62.5 Å². The standard InChI is InChI=1S/C22H30F3N5O/c1-14-6-3-4-8-18(14)26-21(31)15(2)29-11-5-7-16(12-29)20-28-27-19-10-9-17(13-30(19)20)22(23,24)25/h9-10,13-16,18H,3-8,11-12H2,1-2H3,(H,26,31). The third kappa shape index (κ3) is 4.71. The second-order valence-corrected chi connectivity index (χ2v) is 9.09. The van der Waals surface area contributed by atoms with Gasteiger partial charge < -0.3 is 5.32 Å². The number of likely N-dealkylation sites (tertiary alicyclic amines) is 1. The molecule has 31 heavy (non-hydrogen) atoms. The fourth-order valence-corrected chi connectivity index (χ4v) is 4.92. The lowest BCUT2D eigenvalue weighted by molar-refractivity contribution is -0.138. The molecule has 1 N–H and O–H groups in total. The molecule has 1 saturated heterocycles. The Hall–Kier alpha value is -2.16. The molecule has 0 aromatic carbocycles. The Morgan fingerprint density at radius 1 is 1.16 bits per heavy atom. The van der Waals surface area contributed by atoms with Gasteiger partial charge in [-0.25, -0.2) is 0 Å².